The quantitative estimate of drug-likeness (QED) is 0.876. The van der Waals surface area contributed by atoms with Crippen molar-refractivity contribution < 1.29 is 14.4 Å². The number of aryl methyl sites for hydroxylation is 1. The van der Waals surface area contributed by atoms with Crippen LogP contribution in [0.5, 0.6) is 0 Å². The number of hydroxylamine groups is 1. The van der Waals surface area contributed by atoms with Crippen LogP contribution < -0.4 is 5.48 Å². The lowest BCUT2D eigenvalue weighted by atomic mass is 9.99. The normalized spacial score (nSPS) is 11.8. The maximum Gasteiger partial charge on any atom is 0.363 e. The van der Waals surface area contributed by atoms with Gasteiger partial charge in [0.05, 0.1) is 11.5 Å². The van der Waals surface area contributed by atoms with Gasteiger partial charge in [0.2, 0.25) is 0 Å². The molecule has 4 nitrogen and oxygen atoms in total. The fraction of sp³-hybridized carbons (Fsp3) is 0.200. The zero-order valence-corrected chi connectivity index (χ0v) is 13.1. The van der Waals surface area contributed by atoms with Crippen molar-refractivity contribution in [2.45, 2.75) is 19.8 Å². The molecule has 0 saturated carbocycles. The molecule has 1 amide bonds. The van der Waals surface area contributed by atoms with Gasteiger partial charge in [0, 0.05) is 10.4 Å². The smallest absolute Gasteiger partial charge is 0.335 e. The van der Waals surface area contributed by atoms with Gasteiger partial charge in [-0.25, -0.2) is 4.79 Å². The minimum Gasteiger partial charge on any atom is -0.335 e. The Hall–Kier alpha value is -1.85. The number of benzene rings is 1. The summed E-state index contributed by atoms with van der Waals surface area (Å²) in [5.74, 6) is -1.46. The molecule has 110 valence electrons. The first-order valence-electron chi connectivity index (χ1n) is 6.28. The Bertz CT molecular complexity index is 655. The summed E-state index contributed by atoms with van der Waals surface area (Å²) in [5, 5.41) is 4.01. The molecule has 0 aliphatic carbocycles. The largest absolute Gasteiger partial charge is 0.363 e. The maximum atomic E-state index is 12.0. The SMILES string of the molecule is Cc1ccc(C(C)C(=O)NOC(=O)c2ccsc2)cc1Cl. The lowest BCUT2D eigenvalue weighted by Crippen LogP contribution is -2.30. The van der Waals surface area contributed by atoms with Crippen LogP contribution in [-0.4, -0.2) is 11.9 Å². The van der Waals surface area contributed by atoms with Crippen LogP contribution in [0.1, 0.15) is 34.3 Å². The second-order valence-electron chi connectivity index (χ2n) is 4.60. The molecule has 1 N–H and O–H groups in total. The minimum absolute atomic E-state index is 0.404. The molecule has 1 atom stereocenters. The van der Waals surface area contributed by atoms with Gasteiger partial charge in [-0.3, -0.25) is 4.79 Å². The highest BCUT2D eigenvalue weighted by Gasteiger charge is 2.18. The van der Waals surface area contributed by atoms with Gasteiger partial charge in [-0.05, 0) is 42.5 Å². The summed E-state index contributed by atoms with van der Waals surface area (Å²) in [5.41, 5.74) is 4.29. The predicted octanol–water partition coefficient (Wildman–Crippen LogP) is 3.70. The van der Waals surface area contributed by atoms with Crippen molar-refractivity contribution >= 4 is 34.8 Å². The van der Waals surface area contributed by atoms with Gasteiger partial charge in [-0.1, -0.05) is 23.7 Å². The van der Waals surface area contributed by atoms with E-state index >= 15 is 0 Å². The van der Waals surface area contributed by atoms with Gasteiger partial charge < -0.3 is 4.84 Å². The molecule has 2 aromatic rings. The van der Waals surface area contributed by atoms with Crippen LogP contribution in [0.3, 0.4) is 0 Å². The first-order valence-corrected chi connectivity index (χ1v) is 7.60. The number of rotatable bonds is 3. The molecule has 6 heteroatoms. The second kappa shape index (κ2) is 6.74. The van der Waals surface area contributed by atoms with E-state index < -0.39 is 17.8 Å². The predicted molar refractivity (Wildman–Crippen MR) is 82.5 cm³/mol. The van der Waals surface area contributed by atoms with Gasteiger partial charge in [0.1, 0.15) is 0 Å². The Balaban J connectivity index is 1.96. The highest BCUT2D eigenvalue weighted by molar-refractivity contribution is 7.08. The summed E-state index contributed by atoms with van der Waals surface area (Å²) in [7, 11) is 0. The monoisotopic (exact) mass is 323 g/mol. The zero-order chi connectivity index (χ0) is 15.4. The molecule has 0 aliphatic heterocycles. The molecule has 0 aliphatic rings. The summed E-state index contributed by atoms with van der Waals surface area (Å²) in [4.78, 5) is 28.4. The van der Waals surface area contributed by atoms with Gasteiger partial charge in [0.15, 0.2) is 0 Å². The molecule has 0 radical (unpaired) electrons. The van der Waals surface area contributed by atoms with E-state index in [0.717, 1.165) is 11.1 Å². The number of amides is 1. The lowest BCUT2D eigenvalue weighted by molar-refractivity contribution is -0.131. The molecule has 1 unspecified atom stereocenters. The standard InChI is InChI=1S/C15H14ClNO3S/c1-9-3-4-11(7-13(9)16)10(2)14(18)17-20-15(19)12-5-6-21-8-12/h3-8,10H,1-2H3,(H,17,18). The van der Waals surface area contributed by atoms with E-state index in [-0.39, 0.29) is 0 Å². The Morgan fingerprint density at radius 1 is 1.33 bits per heavy atom. The van der Waals surface area contributed by atoms with Crippen LogP contribution in [0, 0.1) is 6.92 Å². The highest BCUT2D eigenvalue weighted by Crippen LogP contribution is 2.22. The van der Waals surface area contributed by atoms with Crippen LogP contribution in [0.4, 0.5) is 0 Å². The molecule has 1 aromatic carbocycles. The summed E-state index contributed by atoms with van der Waals surface area (Å²) < 4.78 is 0. The molecule has 2 rings (SSSR count). The van der Waals surface area contributed by atoms with Crippen LogP contribution in [0.2, 0.25) is 5.02 Å². The van der Waals surface area contributed by atoms with Gasteiger partial charge in [-0.2, -0.15) is 16.8 Å². The summed E-state index contributed by atoms with van der Waals surface area (Å²) in [6.07, 6.45) is 0. The van der Waals surface area contributed by atoms with Crippen LogP contribution in [0.25, 0.3) is 0 Å². The van der Waals surface area contributed by atoms with Crippen LogP contribution in [0.15, 0.2) is 35.0 Å². The number of carbonyl (C=O) groups excluding carboxylic acids is 2. The zero-order valence-electron chi connectivity index (χ0n) is 11.6. The Morgan fingerprint density at radius 3 is 2.71 bits per heavy atom. The Kier molecular flexibility index (Phi) is 4.98. The van der Waals surface area contributed by atoms with E-state index in [1.807, 2.05) is 19.1 Å². The molecule has 0 bridgehead atoms. The highest BCUT2D eigenvalue weighted by atomic mass is 35.5. The molecular weight excluding hydrogens is 310 g/mol. The molecule has 1 aromatic heterocycles. The molecule has 0 fully saturated rings. The minimum atomic E-state index is -0.585. The number of hydrogen-bond acceptors (Lipinski definition) is 4. The van der Waals surface area contributed by atoms with Gasteiger partial charge in [0.25, 0.3) is 5.91 Å². The third-order valence-corrected chi connectivity index (χ3v) is 4.18. The number of halogens is 1. The molecule has 0 saturated heterocycles. The number of carbonyl (C=O) groups is 2. The van der Waals surface area contributed by atoms with E-state index in [1.54, 1.807) is 29.8 Å². The van der Waals surface area contributed by atoms with Gasteiger partial charge >= 0.3 is 5.97 Å². The average molecular weight is 324 g/mol. The summed E-state index contributed by atoms with van der Waals surface area (Å²) >= 11 is 7.42. The van der Waals surface area contributed by atoms with E-state index in [4.69, 9.17) is 16.4 Å². The van der Waals surface area contributed by atoms with Crippen molar-refractivity contribution in [3.05, 3.63) is 56.7 Å². The third kappa shape index (κ3) is 3.83. The first kappa shape index (κ1) is 15.5. The molecule has 1 heterocycles. The van der Waals surface area contributed by atoms with Crippen LogP contribution >= 0.6 is 22.9 Å². The summed E-state index contributed by atoms with van der Waals surface area (Å²) in [6, 6.07) is 7.04. The number of thiophene rings is 1. The molecule has 21 heavy (non-hydrogen) atoms. The molecular formula is C15H14ClNO3S. The van der Waals surface area contributed by atoms with E-state index in [1.165, 1.54) is 11.3 Å². The summed E-state index contributed by atoms with van der Waals surface area (Å²) in [6.45, 7) is 3.61. The van der Waals surface area contributed by atoms with Crippen molar-refractivity contribution in [2.24, 2.45) is 0 Å². The van der Waals surface area contributed by atoms with Crippen molar-refractivity contribution in [3.63, 3.8) is 0 Å². The topological polar surface area (TPSA) is 55.4 Å². The Labute approximate surface area is 131 Å². The number of nitrogens with one attached hydrogen (secondary N) is 1. The fourth-order valence-corrected chi connectivity index (χ4v) is 2.47. The molecule has 0 spiro atoms. The van der Waals surface area contributed by atoms with Crippen molar-refractivity contribution in [2.75, 3.05) is 0 Å². The van der Waals surface area contributed by atoms with E-state index in [0.29, 0.717) is 10.6 Å². The average Bonchev–Trinajstić information content (AvgIpc) is 3.00. The second-order valence-corrected chi connectivity index (χ2v) is 5.79. The Morgan fingerprint density at radius 2 is 2.10 bits per heavy atom. The van der Waals surface area contributed by atoms with Crippen molar-refractivity contribution in [3.8, 4) is 0 Å². The maximum absolute atomic E-state index is 12.0. The van der Waals surface area contributed by atoms with E-state index in [2.05, 4.69) is 5.48 Å². The lowest BCUT2D eigenvalue weighted by Gasteiger charge is -2.13. The first-order chi connectivity index (χ1) is 9.99. The van der Waals surface area contributed by atoms with E-state index in [9.17, 15) is 9.59 Å². The van der Waals surface area contributed by atoms with Crippen molar-refractivity contribution in [1.29, 1.82) is 0 Å². The number of hydrogen-bond donors (Lipinski definition) is 1. The van der Waals surface area contributed by atoms with Gasteiger partial charge in [-0.15, -0.1) is 0 Å². The van der Waals surface area contributed by atoms with Crippen LogP contribution in [-0.2, 0) is 9.63 Å². The third-order valence-electron chi connectivity index (χ3n) is 3.09. The fourth-order valence-electron chi connectivity index (χ4n) is 1.65. The van der Waals surface area contributed by atoms with Crippen molar-refractivity contribution in [1.82, 2.24) is 5.48 Å².